The molecule has 0 radical (unpaired) electrons. The lowest BCUT2D eigenvalue weighted by Crippen LogP contribution is -2.26. The Kier molecular flexibility index (Phi) is 8.29. The topological polar surface area (TPSA) is 150 Å². The van der Waals surface area contributed by atoms with Gasteiger partial charge in [0.15, 0.2) is 12.4 Å². The lowest BCUT2D eigenvalue weighted by molar-refractivity contribution is -0.385. The molecule has 3 rings (SSSR count). The minimum atomic E-state index is -0.641. The predicted octanol–water partition coefficient (Wildman–Crippen LogP) is 6.01. The van der Waals surface area contributed by atoms with Crippen molar-refractivity contribution in [3.63, 3.8) is 0 Å². The number of hydrazone groups is 1. The quantitative estimate of drug-likeness (QED) is 0.195. The maximum absolute atomic E-state index is 12.2. The second kappa shape index (κ2) is 11.2. The molecule has 0 fully saturated rings. The number of hydrogen-bond acceptors (Lipinski definition) is 8. The van der Waals surface area contributed by atoms with Crippen LogP contribution >= 0.6 is 0 Å². The zero-order valence-corrected chi connectivity index (χ0v) is 21.9. The second-order valence-corrected chi connectivity index (χ2v) is 10.6. The molecule has 0 spiro atoms. The Morgan fingerprint density at radius 2 is 1.68 bits per heavy atom. The van der Waals surface area contributed by atoms with Crippen LogP contribution in [0.15, 0.2) is 64.1 Å². The van der Waals surface area contributed by atoms with Gasteiger partial charge in [0.25, 0.3) is 11.6 Å². The number of nitro groups is 2. The standard InChI is InChI=1S/C27H30N4O7/c1-26(2,3)17-27(4,5)18-10-12-24(22(14-18)31(35)36)37-16-25(32)29-28-15-19-11-13-23(38-19)20-8-6-7-9-21(20)30(33)34/h6-15H,16-17H2,1-5H3,(H,29,32)/b28-15+. The molecule has 0 saturated heterocycles. The zero-order chi connectivity index (χ0) is 28.1. The molecule has 38 heavy (non-hydrogen) atoms. The summed E-state index contributed by atoms with van der Waals surface area (Å²) in [5.41, 5.74) is 2.78. The van der Waals surface area contributed by atoms with E-state index in [4.69, 9.17) is 9.15 Å². The van der Waals surface area contributed by atoms with E-state index in [1.54, 1.807) is 36.4 Å². The van der Waals surface area contributed by atoms with Gasteiger partial charge in [-0.05, 0) is 47.1 Å². The number of ether oxygens (including phenoxy) is 1. The summed E-state index contributed by atoms with van der Waals surface area (Å²) in [6.45, 7) is 9.91. The highest BCUT2D eigenvalue weighted by Crippen LogP contribution is 2.39. The lowest BCUT2D eigenvalue weighted by atomic mass is 9.72. The summed E-state index contributed by atoms with van der Waals surface area (Å²) in [6.07, 6.45) is 2.04. The first kappa shape index (κ1) is 28.0. The fourth-order valence-electron chi connectivity index (χ4n) is 4.38. The van der Waals surface area contributed by atoms with Crippen LogP contribution in [-0.2, 0) is 10.2 Å². The van der Waals surface area contributed by atoms with E-state index in [0.717, 1.165) is 12.0 Å². The van der Waals surface area contributed by atoms with Crippen LogP contribution < -0.4 is 10.2 Å². The summed E-state index contributed by atoms with van der Waals surface area (Å²) in [5.74, 6) is -0.138. The van der Waals surface area contributed by atoms with Crippen LogP contribution in [0.3, 0.4) is 0 Å². The normalized spacial score (nSPS) is 11.9. The highest BCUT2D eigenvalue weighted by atomic mass is 16.6. The molecule has 3 aromatic rings. The largest absolute Gasteiger partial charge is 0.477 e. The van der Waals surface area contributed by atoms with Gasteiger partial charge in [-0.2, -0.15) is 5.10 Å². The first-order valence-corrected chi connectivity index (χ1v) is 11.8. The fourth-order valence-corrected chi connectivity index (χ4v) is 4.38. The number of furan rings is 1. The van der Waals surface area contributed by atoms with Crippen LogP contribution in [-0.4, -0.2) is 28.6 Å². The number of amides is 1. The Morgan fingerprint density at radius 3 is 2.34 bits per heavy atom. The van der Waals surface area contributed by atoms with E-state index in [-0.39, 0.29) is 39.5 Å². The Balaban J connectivity index is 1.63. The minimum Gasteiger partial charge on any atom is -0.477 e. The summed E-state index contributed by atoms with van der Waals surface area (Å²) in [7, 11) is 0. The predicted molar refractivity (Wildman–Crippen MR) is 142 cm³/mol. The first-order chi connectivity index (χ1) is 17.8. The first-order valence-electron chi connectivity index (χ1n) is 11.8. The van der Waals surface area contributed by atoms with E-state index < -0.39 is 22.4 Å². The number of carbonyl (C=O) groups excluding carboxylic acids is 1. The molecule has 0 bridgehead atoms. The summed E-state index contributed by atoms with van der Waals surface area (Å²) in [6, 6.07) is 14.0. The number of hydrogen-bond donors (Lipinski definition) is 1. The van der Waals surface area contributed by atoms with Crippen LogP contribution in [0.4, 0.5) is 11.4 Å². The minimum absolute atomic E-state index is 0.0235. The maximum atomic E-state index is 12.2. The van der Waals surface area contributed by atoms with E-state index in [2.05, 4.69) is 31.3 Å². The van der Waals surface area contributed by atoms with E-state index in [0.29, 0.717) is 5.56 Å². The molecular formula is C27H30N4O7. The molecule has 0 aliphatic carbocycles. The molecule has 0 aliphatic heterocycles. The van der Waals surface area contributed by atoms with Gasteiger partial charge in [-0.25, -0.2) is 5.43 Å². The molecule has 0 saturated carbocycles. The molecule has 0 unspecified atom stereocenters. The van der Waals surface area contributed by atoms with Gasteiger partial charge in [0, 0.05) is 12.1 Å². The molecule has 0 atom stereocenters. The third kappa shape index (κ3) is 7.25. The Labute approximate surface area is 219 Å². The highest BCUT2D eigenvalue weighted by molar-refractivity contribution is 5.82. The summed E-state index contributed by atoms with van der Waals surface area (Å²) < 4.78 is 11.0. The maximum Gasteiger partial charge on any atom is 0.311 e. The average Bonchev–Trinajstić information content (AvgIpc) is 3.29. The second-order valence-electron chi connectivity index (χ2n) is 10.6. The third-order valence-corrected chi connectivity index (χ3v) is 5.64. The summed E-state index contributed by atoms with van der Waals surface area (Å²) >= 11 is 0. The summed E-state index contributed by atoms with van der Waals surface area (Å²) in [4.78, 5) is 34.1. The van der Waals surface area contributed by atoms with Gasteiger partial charge in [0.05, 0.1) is 21.6 Å². The Bertz CT molecular complexity index is 1370. The lowest BCUT2D eigenvalue weighted by Gasteiger charge is -2.33. The van der Waals surface area contributed by atoms with Gasteiger partial charge in [-0.15, -0.1) is 0 Å². The molecule has 11 heteroatoms. The molecule has 200 valence electrons. The molecule has 11 nitrogen and oxygen atoms in total. The number of para-hydroxylation sites is 1. The van der Waals surface area contributed by atoms with Gasteiger partial charge in [0.2, 0.25) is 0 Å². The van der Waals surface area contributed by atoms with Gasteiger partial charge in [0.1, 0.15) is 11.5 Å². The Hall–Kier alpha value is -4.54. The van der Waals surface area contributed by atoms with Gasteiger partial charge in [-0.1, -0.05) is 52.8 Å². The molecule has 1 aromatic heterocycles. The molecule has 1 amide bonds. The van der Waals surface area contributed by atoms with Crippen molar-refractivity contribution in [1.82, 2.24) is 5.43 Å². The van der Waals surface area contributed by atoms with Gasteiger partial charge in [-0.3, -0.25) is 25.0 Å². The van der Waals surface area contributed by atoms with Crippen molar-refractivity contribution in [1.29, 1.82) is 0 Å². The smallest absolute Gasteiger partial charge is 0.311 e. The van der Waals surface area contributed by atoms with E-state index in [9.17, 15) is 25.0 Å². The number of nitrogens with one attached hydrogen (secondary N) is 1. The fraction of sp³-hybridized carbons (Fsp3) is 0.333. The third-order valence-electron chi connectivity index (χ3n) is 5.64. The van der Waals surface area contributed by atoms with Crippen molar-refractivity contribution in [2.24, 2.45) is 10.5 Å². The van der Waals surface area contributed by atoms with E-state index in [1.807, 2.05) is 13.8 Å². The summed E-state index contributed by atoms with van der Waals surface area (Å²) in [5, 5.41) is 26.7. The number of carbonyl (C=O) groups is 1. The molecule has 1 N–H and O–H groups in total. The van der Waals surface area contributed by atoms with Crippen molar-refractivity contribution in [3.05, 3.63) is 86.1 Å². The molecular weight excluding hydrogens is 492 g/mol. The van der Waals surface area contributed by atoms with Crippen molar-refractivity contribution < 1.29 is 23.8 Å². The Morgan fingerprint density at radius 1 is 1.00 bits per heavy atom. The van der Waals surface area contributed by atoms with Crippen molar-refractivity contribution in [2.45, 2.75) is 46.5 Å². The number of rotatable bonds is 10. The number of benzene rings is 2. The van der Waals surface area contributed by atoms with Crippen LogP contribution in [0.5, 0.6) is 5.75 Å². The van der Waals surface area contributed by atoms with Crippen LogP contribution in [0.1, 0.15) is 52.4 Å². The zero-order valence-electron chi connectivity index (χ0n) is 21.9. The number of nitrogens with zero attached hydrogens (tertiary/aromatic N) is 3. The van der Waals surface area contributed by atoms with E-state index >= 15 is 0 Å². The van der Waals surface area contributed by atoms with Gasteiger partial charge >= 0.3 is 5.69 Å². The van der Waals surface area contributed by atoms with Gasteiger partial charge < -0.3 is 9.15 Å². The van der Waals surface area contributed by atoms with Crippen LogP contribution in [0, 0.1) is 25.6 Å². The highest BCUT2D eigenvalue weighted by Gasteiger charge is 2.30. The van der Waals surface area contributed by atoms with E-state index in [1.165, 1.54) is 24.4 Å². The van der Waals surface area contributed by atoms with Crippen molar-refractivity contribution in [2.75, 3.05) is 6.61 Å². The van der Waals surface area contributed by atoms with Crippen molar-refractivity contribution >= 4 is 23.5 Å². The molecule has 1 heterocycles. The van der Waals surface area contributed by atoms with Crippen LogP contribution in [0.25, 0.3) is 11.3 Å². The monoisotopic (exact) mass is 522 g/mol. The number of nitro benzene ring substituents is 2. The molecule has 2 aromatic carbocycles. The average molecular weight is 523 g/mol. The van der Waals surface area contributed by atoms with Crippen LogP contribution in [0.2, 0.25) is 0 Å². The molecule has 0 aliphatic rings. The SMILES string of the molecule is CC(C)(C)CC(C)(C)c1ccc(OCC(=O)N/N=C/c2ccc(-c3ccccc3[N+](=O)[O-])o2)c([N+](=O)[O-])c1. The van der Waals surface area contributed by atoms with Crippen molar-refractivity contribution in [3.8, 4) is 17.1 Å².